The topological polar surface area (TPSA) is 478 Å². The number of rotatable bonds is 32. The van der Waals surface area contributed by atoms with Crippen molar-refractivity contribution in [3.05, 3.63) is 18.2 Å². The summed E-state index contributed by atoms with van der Waals surface area (Å²) in [6.45, 7) is 2.91. The Kier molecular flexibility index (Phi) is 24.5. The molecule has 1 fully saturated rings. The molecule has 384 valence electrons. The number of nitrogens with one attached hydrogen (secondary N) is 9. The summed E-state index contributed by atoms with van der Waals surface area (Å²) in [7, 11) is 0. The molecule has 2 heterocycles. The van der Waals surface area contributed by atoms with Gasteiger partial charge in [-0.2, -0.15) is 0 Å². The number of carboxylic acid groups (broad SMARTS) is 4. The summed E-state index contributed by atoms with van der Waals surface area (Å²) in [6, 6.07) is -12.3. The van der Waals surface area contributed by atoms with E-state index in [1.807, 2.05) is 0 Å². The number of nitrogens with zero attached hydrogens (tertiary/aromatic N) is 2. The Morgan fingerprint density at radius 3 is 1.62 bits per heavy atom. The molecular formula is C40H63N13O16. The van der Waals surface area contributed by atoms with Gasteiger partial charge in [-0.3, -0.25) is 52.9 Å². The molecule has 8 atom stereocenters. The van der Waals surface area contributed by atoms with Crippen LogP contribution in [-0.4, -0.2) is 175 Å². The molecule has 18 N–H and O–H groups in total. The number of carboxylic acids is 4. The van der Waals surface area contributed by atoms with Crippen LogP contribution in [0, 0.1) is 5.92 Å². The molecule has 0 aliphatic carbocycles. The van der Waals surface area contributed by atoms with Crippen molar-refractivity contribution in [1.29, 1.82) is 0 Å². The lowest BCUT2D eigenvalue weighted by atomic mass is 10.0. The summed E-state index contributed by atoms with van der Waals surface area (Å²) in [6.07, 6.45) is -0.620. The molecule has 0 saturated carbocycles. The minimum absolute atomic E-state index is 0.0172. The molecule has 69 heavy (non-hydrogen) atoms. The van der Waals surface area contributed by atoms with Crippen LogP contribution in [-0.2, 0) is 59.2 Å². The third-order valence-electron chi connectivity index (χ3n) is 10.3. The molecular weight excluding hydrogens is 919 g/mol. The SMILES string of the molecule is CC(C)C[C@H](NC(=O)[C@H](CCC(=O)O)NC(=O)[C@H](CO)NC(=O)[C@@H]1CCCN1)C(=O)N[C@@H](CCCN=C(N)N)C(=O)N[C@@H](CC(=O)O)C(=O)N[C@@H](CCC(=O)O)C(=O)N[C@@H](Cc1cnc[nH]1)C(=O)O. The van der Waals surface area contributed by atoms with Crippen molar-refractivity contribution in [2.24, 2.45) is 22.4 Å². The molecule has 0 unspecified atom stereocenters. The number of aliphatic hydroxyl groups excluding tert-OH is 1. The van der Waals surface area contributed by atoms with E-state index in [0.29, 0.717) is 25.1 Å². The molecule has 7 amide bonds. The quantitative estimate of drug-likeness (QED) is 0.0182. The van der Waals surface area contributed by atoms with E-state index in [1.165, 1.54) is 12.5 Å². The van der Waals surface area contributed by atoms with Crippen molar-refractivity contribution in [3.63, 3.8) is 0 Å². The molecule has 1 aliphatic rings. The first-order valence-electron chi connectivity index (χ1n) is 21.9. The number of hydrogen-bond donors (Lipinski definition) is 16. The van der Waals surface area contributed by atoms with Crippen molar-refractivity contribution in [2.45, 2.75) is 133 Å². The van der Waals surface area contributed by atoms with Crippen LogP contribution in [0.4, 0.5) is 0 Å². The lowest BCUT2D eigenvalue weighted by Gasteiger charge is -2.28. The highest BCUT2D eigenvalue weighted by molar-refractivity contribution is 5.98. The third-order valence-corrected chi connectivity index (χ3v) is 10.3. The Balaban J connectivity index is 2.39. The summed E-state index contributed by atoms with van der Waals surface area (Å²) in [5.74, 6) is -13.9. The highest BCUT2D eigenvalue weighted by atomic mass is 16.4. The second kappa shape index (κ2) is 29.4. The summed E-state index contributed by atoms with van der Waals surface area (Å²) in [4.78, 5) is 152. The van der Waals surface area contributed by atoms with E-state index in [1.54, 1.807) is 13.8 Å². The van der Waals surface area contributed by atoms with Gasteiger partial charge in [0.2, 0.25) is 41.4 Å². The minimum Gasteiger partial charge on any atom is -0.481 e. The van der Waals surface area contributed by atoms with E-state index in [0.717, 1.165) is 0 Å². The average Bonchev–Trinajstić information content (AvgIpc) is 4.01. The largest absolute Gasteiger partial charge is 0.481 e. The summed E-state index contributed by atoms with van der Waals surface area (Å²) in [5.41, 5.74) is 11.1. The van der Waals surface area contributed by atoms with E-state index >= 15 is 0 Å². The van der Waals surface area contributed by atoms with Gasteiger partial charge < -0.3 is 84.5 Å². The van der Waals surface area contributed by atoms with Gasteiger partial charge in [-0.05, 0) is 57.4 Å². The lowest BCUT2D eigenvalue weighted by molar-refractivity contribution is -0.143. The summed E-state index contributed by atoms with van der Waals surface area (Å²) >= 11 is 0. The molecule has 1 aliphatic heterocycles. The van der Waals surface area contributed by atoms with Gasteiger partial charge in [0.25, 0.3) is 0 Å². The molecule has 29 heteroatoms. The fourth-order valence-electron chi connectivity index (χ4n) is 6.76. The number of guanidine groups is 1. The highest BCUT2D eigenvalue weighted by Gasteiger charge is 2.36. The first-order chi connectivity index (χ1) is 32.5. The number of carbonyl (C=O) groups excluding carboxylic acids is 7. The van der Waals surface area contributed by atoms with Crippen molar-refractivity contribution in [3.8, 4) is 0 Å². The van der Waals surface area contributed by atoms with E-state index < -0.39 is 152 Å². The fourth-order valence-corrected chi connectivity index (χ4v) is 6.76. The van der Waals surface area contributed by atoms with Gasteiger partial charge in [0.15, 0.2) is 5.96 Å². The van der Waals surface area contributed by atoms with Crippen molar-refractivity contribution in [2.75, 3.05) is 19.7 Å². The smallest absolute Gasteiger partial charge is 0.326 e. The number of H-pyrrole nitrogens is 1. The molecule has 2 rings (SSSR count). The zero-order chi connectivity index (χ0) is 51.8. The monoisotopic (exact) mass is 981 g/mol. The standard InChI is InChI=1S/C40H63N13O16/c1-19(2)13-25(50-34(63)23(7-9-29(55)56)49-38(67)28(17-54)53-32(61)21-5-3-11-44-21)36(65)47-22(6-4-12-45-40(41)42)33(62)51-26(15-31(59)60)37(66)48-24(8-10-30(57)58)35(64)52-27(39(68)69)14-20-16-43-18-46-20/h16,18-19,21-28,44,54H,3-15,17H2,1-2H3,(H,43,46)(H,47,65)(H,48,66)(H,49,67)(H,50,63)(H,51,62)(H,52,64)(H,53,61)(H,55,56)(H,57,58)(H,59,60)(H,68,69)(H4,41,42,45)/t21-,22-,23-,24-,25-,26-,27-,28-/m0/s1. The highest BCUT2D eigenvalue weighted by Crippen LogP contribution is 2.11. The molecule has 1 aromatic rings. The maximum Gasteiger partial charge on any atom is 0.326 e. The third kappa shape index (κ3) is 21.8. The van der Waals surface area contributed by atoms with Gasteiger partial charge >= 0.3 is 23.9 Å². The number of aromatic nitrogens is 2. The molecule has 1 aromatic heterocycles. The Bertz CT molecular complexity index is 1990. The lowest BCUT2D eigenvalue weighted by Crippen LogP contribution is -2.60. The van der Waals surface area contributed by atoms with E-state index in [9.17, 15) is 78.3 Å². The van der Waals surface area contributed by atoms with Crippen molar-refractivity contribution < 1.29 is 78.3 Å². The minimum atomic E-state index is -2.00. The van der Waals surface area contributed by atoms with Gasteiger partial charge in [-0.15, -0.1) is 0 Å². The summed E-state index contributed by atoms with van der Waals surface area (Å²) in [5, 5.41) is 67.2. The Hall–Kier alpha value is -7.43. The zero-order valence-corrected chi connectivity index (χ0v) is 38.0. The zero-order valence-electron chi connectivity index (χ0n) is 38.0. The van der Waals surface area contributed by atoms with Crippen LogP contribution in [0.2, 0.25) is 0 Å². The maximum atomic E-state index is 14.0. The number of amides is 7. The molecule has 0 bridgehead atoms. The average molecular weight is 982 g/mol. The van der Waals surface area contributed by atoms with Crippen molar-refractivity contribution >= 4 is 71.2 Å². The van der Waals surface area contributed by atoms with Crippen LogP contribution < -0.4 is 54.0 Å². The Labute approximate surface area is 394 Å². The fraction of sp³-hybridized carbons (Fsp3) is 0.625. The van der Waals surface area contributed by atoms with Gasteiger partial charge in [-0.25, -0.2) is 9.78 Å². The van der Waals surface area contributed by atoms with E-state index in [-0.39, 0.29) is 44.1 Å². The number of aromatic amines is 1. The van der Waals surface area contributed by atoms with Crippen LogP contribution in [0.25, 0.3) is 0 Å². The number of aliphatic imine (C=N–C) groups is 1. The molecule has 29 nitrogen and oxygen atoms in total. The second-order valence-corrected chi connectivity index (χ2v) is 16.4. The van der Waals surface area contributed by atoms with Crippen LogP contribution in [0.3, 0.4) is 0 Å². The van der Waals surface area contributed by atoms with Crippen LogP contribution in [0.15, 0.2) is 17.5 Å². The predicted octanol–water partition coefficient (Wildman–Crippen LogP) is -5.52. The second-order valence-electron chi connectivity index (χ2n) is 16.4. The van der Waals surface area contributed by atoms with E-state index in [2.05, 4.69) is 57.5 Å². The van der Waals surface area contributed by atoms with Gasteiger partial charge in [0.05, 0.1) is 25.4 Å². The van der Waals surface area contributed by atoms with Crippen LogP contribution >= 0.6 is 0 Å². The number of aliphatic hydroxyl groups is 1. The summed E-state index contributed by atoms with van der Waals surface area (Å²) < 4.78 is 0. The Morgan fingerprint density at radius 2 is 1.17 bits per heavy atom. The van der Waals surface area contributed by atoms with Gasteiger partial charge in [0, 0.05) is 37.7 Å². The van der Waals surface area contributed by atoms with Crippen LogP contribution in [0.1, 0.15) is 83.7 Å². The van der Waals surface area contributed by atoms with Crippen molar-refractivity contribution in [1.82, 2.24) is 52.5 Å². The van der Waals surface area contributed by atoms with E-state index in [4.69, 9.17) is 11.5 Å². The molecule has 0 aromatic carbocycles. The first-order valence-corrected chi connectivity index (χ1v) is 21.9. The normalized spacial score (nSPS) is 16.1. The van der Waals surface area contributed by atoms with Gasteiger partial charge in [0.1, 0.15) is 42.3 Å². The number of aliphatic carboxylic acids is 4. The number of hydrogen-bond acceptors (Lipinski definition) is 15. The molecule has 0 radical (unpaired) electrons. The number of carbonyl (C=O) groups is 11. The van der Waals surface area contributed by atoms with Crippen LogP contribution in [0.5, 0.6) is 0 Å². The molecule has 1 saturated heterocycles. The first kappa shape index (κ1) is 57.7. The maximum absolute atomic E-state index is 14.0. The van der Waals surface area contributed by atoms with Gasteiger partial charge in [-0.1, -0.05) is 13.8 Å². The Morgan fingerprint density at radius 1 is 0.681 bits per heavy atom. The number of nitrogens with two attached hydrogens (primary N) is 2. The number of imidazole rings is 1. The predicted molar refractivity (Wildman–Crippen MR) is 237 cm³/mol. The molecule has 0 spiro atoms.